The second kappa shape index (κ2) is 9.69. The molecule has 0 spiro atoms. The van der Waals surface area contributed by atoms with Crippen molar-refractivity contribution in [2.75, 3.05) is 0 Å². The van der Waals surface area contributed by atoms with Gasteiger partial charge in [0.2, 0.25) is 5.88 Å². The second-order valence-electron chi connectivity index (χ2n) is 8.57. The van der Waals surface area contributed by atoms with Gasteiger partial charge in [0.25, 0.3) is 0 Å². The normalized spacial score (nSPS) is 14.8. The van der Waals surface area contributed by atoms with Crippen LogP contribution in [0.1, 0.15) is 36.9 Å². The Bertz CT molecular complexity index is 1280. The van der Waals surface area contributed by atoms with Crippen LogP contribution < -0.4 is 4.74 Å². The molecular formula is C28H25ClN2O2S. The fraction of sp³-hybridized carbons (Fsp3) is 0.214. The summed E-state index contributed by atoms with van der Waals surface area (Å²) in [4.78, 5) is 15.8. The number of benzene rings is 3. The molecule has 34 heavy (non-hydrogen) atoms. The number of esters is 1. The molecule has 5 rings (SSSR count). The van der Waals surface area contributed by atoms with Crippen molar-refractivity contribution in [3.63, 3.8) is 0 Å². The Balaban J connectivity index is 1.57. The van der Waals surface area contributed by atoms with Crippen LogP contribution in [-0.2, 0) is 10.2 Å². The van der Waals surface area contributed by atoms with Gasteiger partial charge in [0.15, 0.2) is 0 Å². The molecule has 1 saturated carbocycles. The fourth-order valence-corrected chi connectivity index (χ4v) is 5.65. The maximum absolute atomic E-state index is 13.9. The first-order valence-corrected chi connectivity index (χ1v) is 12.6. The first kappa shape index (κ1) is 22.8. The largest absolute Gasteiger partial charge is 0.405 e. The van der Waals surface area contributed by atoms with Gasteiger partial charge in [0, 0.05) is 9.92 Å². The van der Waals surface area contributed by atoms with Gasteiger partial charge in [-0.3, -0.25) is 4.79 Å². The number of carbonyl (C=O) groups is 1. The van der Waals surface area contributed by atoms with Crippen molar-refractivity contribution in [2.45, 2.75) is 47.8 Å². The van der Waals surface area contributed by atoms with Gasteiger partial charge in [-0.15, -0.1) is 0 Å². The zero-order chi connectivity index (χ0) is 23.5. The van der Waals surface area contributed by atoms with E-state index in [4.69, 9.17) is 21.4 Å². The first-order chi connectivity index (χ1) is 16.6. The number of aromatic nitrogens is 2. The standard InChI is InChI=1S/C28H25ClN2O2S/c1-20-25(34-24-12-6-3-7-13-24)26(31(30-20)23-10-4-2-5-11-23)33-27(32)28(18-8-9-19-28)21-14-16-22(29)17-15-21/h2-7,10-17H,8-9,18-19H2,1H3. The summed E-state index contributed by atoms with van der Waals surface area (Å²) < 4.78 is 8.04. The highest BCUT2D eigenvalue weighted by Gasteiger charge is 2.45. The number of hydrogen-bond acceptors (Lipinski definition) is 4. The maximum Gasteiger partial charge on any atom is 0.323 e. The van der Waals surface area contributed by atoms with Crippen LogP contribution in [0.25, 0.3) is 5.69 Å². The van der Waals surface area contributed by atoms with E-state index in [0.29, 0.717) is 10.9 Å². The smallest absolute Gasteiger partial charge is 0.323 e. The summed E-state index contributed by atoms with van der Waals surface area (Å²) in [5.41, 5.74) is 1.94. The quantitative estimate of drug-likeness (QED) is 0.265. The van der Waals surface area contributed by atoms with Crippen LogP contribution in [0.2, 0.25) is 5.02 Å². The molecule has 6 heteroatoms. The molecule has 0 bridgehead atoms. The molecule has 0 N–H and O–H groups in total. The van der Waals surface area contributed by atoms with E-state index in [0.717, 1.165) is 52.4 Å². The molecule has 0 amide bonds. The summed E-state index contributed by atoms with van der Waals surface area (Å²) in [5, 5.41) is 5.42. The minimum atomic E-state index is -0.682. The molecule has 1 heterocycles. The molecule has 0 unspecified atom stereocenters. The summed E-state index contributed by atoms with van der Waals surface area (Å²) in [6.45, 7) is 1.95. The third-order valence-corrected chi connectivity index (χ3v) is 7.80. The molecule has 0 aliphatic heterocycles. The average molecular weight is 489 g/mol. The summed E-state index contributed by atoms with van der Waals surface area (Å²) in [5.74, 6) is 0.224. The zero-order valence-electron chi connectivity index (χ0n) is 18.9. The molecule has 1 fully saturated rings. The Morgan fingerprint density at radius 3 is 2.21 bits per heavy atom. The Morgan fingerprint density at radius 2 is 1.56 bits per heavy atom. The lowest BCUT2D eigenvalue weighted by Crippen LogP contribution is -2.37. The lowest BCUT2D eigenvalue weighted by molar-refractivity contribution is -0.141. The van der Waals surface area contributed by atoms with E-state index in [1.165, 1.54) is 0 Å². The summed E-state index contributed by atoms with van der Waals surface area (Å²) in [6, 6.07) is 27.5. The van der Waals surface area contributed by atoms with Crippen LogP contribution in [0.5, 0.6) is 5.88 Å². The van der Waals surface area contributed by atoms with E-state index < -0.39 is 5.41 Å². The van der Waals surface area contributed by atoms with Crippen LogP contribution in [0.3, 0.4) is 0 Å². The van der Waals surface area contributed by atoms with Gasteiger partial charge in [0.1, 0.15) is 0 Å². The number of aryl methyl sites for hydroxylation is 1. The van der Waals surface area contributed by atoms with Crippen molar-refractivity contribution in [3.05, 3.63) is 101 Å². The molecule has 0 saturated heterocycles. The topological polar surface area (TPSA) is 44.1 Å². The highest BCUT2D eigenvalue weighted by Crippen LogP contribution is 2.45. The predicted octanol–water partition coefficient (Wildman–Crippen LogP) is 7.40. The minimum Gasteiger partial charge on any atom is -0.405 e. The van der Waals surface area contributed by atoms with Gasteiger partial charge >= 0.3 is 5.97 Å². The van der Waals surface area contributed by atoms with Gasteiger partial charge in [-0.1, -0.05) is 84.7 Å². The number of rotatable bonds is 6. The van der Waals surface area contributed by atoms with E-state index >= 15 is 0 Å². The number of hydrogen-bond donors (Lipinski definition) is 0. The number of para-hydroxylation sites is 1. The van der Waals surface area contributed by atoms with Crippen LogP contribution in [0.15, 0.2) is 94.7 Å². The summed E-state index contributed by atoms with van der Waals surface area (Å²) >= 11 is 7.69. The van der Waals surface area contributed by atoms with Crippen molar-refractivity contribution in [2.24, 2.45) is 0 Å². The Morgan fingerprint density at radius 1 is 0.941 bits per heavy atom. The van der Waals surface area contributed by atoms with Gasteiger partial charge in [-0.2, -0.15) is 9.78 Å². The minimum absolute atomic E-state index is 0.237. The summed E-state index contributed by atoms with van der Waals surface area (Å²) in [6.07, 6.45) is 3.49. The van der Waals surface area contributed by atoms with Crippen molar-refractivity contribution in [1.82, 2.24) is 9.78 Å². The molecule has 172 valence electrons. The molecule has 4 aromatic rings. The Hall–Kier alpha value is -3.02. The molecule has 0 radical (unpaired) electrons. The lowest BCUT2D eigenvalue weighted by atomic mass is 9.79. The molecule has 4 nitrogen and oxygen atoms in total. The van der Waals surface area contributed by atoms with Gasteiger partial charge in [-0.25, -0.2) is 0 Å². The number of ether oxygens (including phenoxy) is 1. The SMILES string of the molecule is Cc1nn(-c2ccccc2)c(OC(=O)C2(c3ccc(Cl)cc3)CCCC2)c1Sc1ccccc1. The molecule has 3 aromatic carbocycles. The predicted molar refractivity (Wildman–Crippen MR) is 136 cm³/mol. The van der Waals surface area contributed by atoms with E-state index in [1.54, 1.807) is 16.4 Å². The molecule has 1 aliphatic rings. The van der Waals surface area contributed by atoms with Crippen molar-refractivity contribution < 1.29 is 9.53 Å². The third-order valence-electron chi connectivity index (χ3n) is 6.36. The molecule has 0 atom stereocenters. The molecular weight excluding hydrogens is 464 g/mol. The number of carbonyl (C=O) groups excluding carboxylic acids is 1. The fourth-order valence-electron chi connectivity index (χ4n) is 4.59. The van der Waals surface area contributed by atoms with Crippen LogP contribution in [-0.4, -0.2) is 15.7 Å². The van der Waals surface area contributed by atoms with Crippen molar-refractivity contribution >= 4 is 29.3 Å². The maximum atomic E-state index is 13.9. The van der Waals surface area contributed by atoms with Crippen LogP contribution in [0, 0.1) is 6.92 Å². The first-order valence-electron chi connectivity index (χ1n) is 11.4. The number of halogens is 1. The number of nitrogens with zero attached hydrogens (tertiary/aromatic N) is 2. The van der Waals surface area contributed by atoms with Gasteiger partial charge in [-0.05, 0) is 61.7 Å². The van der Waals surface area contributed by atoms with Gasteiger partial charge < -0.3 is 4.74 Å². The second-order valence-corrected chi connectivity index (χ2v) is 10.1. The highest BCUT2D eigenvalue weighted by molar-refractivity contribution is 7.99. The lowest BCUT2D eigenvalue weighted by Gasteiger charge is -2.27. The van der Waals surface area contributed by atoms with E-state index in [2.05, 4.69) is 0 Å². The summed E-state index contributed by atoms with van der Waals surface area (Å²) in [7, 11) is 0. The average Bonchev–Trinajstić information content (AvgIpc) is 3.48. The zero-order valence-corrected chi connectivity index (χ0v) is 20.5. The van der Waals surface area contributed by atoms with Gasteiger partial charge in [0.05, 0.1) is 21.7 Å². The molecule has 1 aromatic heterocycles. The third kappa shape index (κ3) is 4.38. The van der Waals surface area contributed by atoms with Crippen molar-refractivity contribution in [1.29, 1.82) is 0 Å². The van der Waals surface area contributed by atoms with Crippen molar-refractivity contribution in [3.8, 4) is 11.6 Å². The van der Waals surface area contributed by atoms with E-state index in [1.807, 2.05) is 91.9 Å². The van der Waals surface area contributed by atoms with Crippen LogP contribution >= 0.6 is 23.4 Å². The van der Waals surface area contributed by atoms with Crippen LogP contribution in [0.4, 0.5) is 0 Å². The highest BCUT2D eigenvalue weighted by atomic mass is 35.5. The Kier molecular flexibility index (Phi) is 6.48. The monoisotopic (exact) mass is 488 g/mol. The van der Waals surface area contributed by atoms with E-state index in [-0.39, 0.29) is 5.97 Å². The Labute approximate surface area is 208 Å². The molecule has 1 aliphatic carbocycles. The van der Waals surface area contributed by atoms with E-state index in [9.17, 15) is 4.79 Å².